The number of benzene rings is 2. The summed E-state index contributed by atoms with van der Waals surface area (Å²) in [5, 5.41) is 16.4. The molecule has 0 amide bonds. The van der Waals surface area contributed by atoms with Gasteiger partial charge in [-0.05, 0) is 29.8 Å². The fraction of sp³-hybridized carbons (Fsp3) is 0.111. The predicted molar refractivity (Wildman–Crippen MR) is 94.1 cm³/mol. The van der Waals surface area contributed by atoms with Gasteiger partial charge in [-0.3, -0.25) is 9.31 Å². The lowest BCUT2D eigenvalue weighted by atomic mass is 10.0. The van der Waals surface area contributed by atoms with Crippen molar-refractivity contribution in [2.75, 3.05) is 7.11 Å². The first-order valence-corrected chi connectivity index (χ1v) is 8.80. The molecular weight excluding hydrogens is 340 g/mol. The molecule has 3 rings (SSSR count). The van der Waals surface area contributed by atoms with Gasteiger partial charge in [-0.2, -0.15) is 5.10 Å². The Morgan fingerprint density at radius 2 is 1.96 bits per heavy atom. The molecule has 1 atom stereocenters. The van der Waals surface area contributed by atoms with Crippen LogP contribution in [0.5, 0.6) is 5.75 Å². The van der Waals surface area contributed by atoms with Gasteiger partial charge in [-0.1, -0.05) is 24.3 Å². The summed E-state index contributed by atoms with van der Waals surface area (Å²) in [6.45, 7) is 0. The van der Waals surface area contributed by atoms with Gasteiger partial charge in [-0.25, -0.2) is 4.79 Å². The summed E-state index contributed by atoms with van der Waals surface area (Å²) in [6.07, 6.45) is 1.58. The molecule has 0 radical (unpaired) electrons. The van der Waals surface area contributed by atoms with E-state index in [-0.39, 0.29) is 17.1 Å². The topological polar surface area (TPSA) is 92.3 Å². The van der Waals surface area contributed by atoms with E-state index in [1.54, 1.807) is 48.7 Å². The quantitative estimate of drug-likeness (QED) is 0.708. The van der Waals surface area contributed by atoms with E-state index in [0.717, 1.165) is 0 Å². The third-order valence-electron chi connectivity index (χ3n) is 3.75. The zero-order chi connectivity index (χ0) is 17.8. The number of aromatic amines is 1. The average Bonchev–Trinajstić information content (AvgIpc) is 3.16. The number of H-pyrrole nitrogens is 1. The highest BCUT2D eigenvalue weighted by molar-refractivity contribution is 7.84. The molecule has 0 saturated heterocycles. The molecule has 0 saturated carbocycles. The second-order valence-corrected chi connectivity index (χ2v) is 6.71. The SMILES string of the molecule is COc1c(-c2ccn[nH]2)ccc(CS(=O)c2ccccc2)c1C(=O)O. The van der Waals surface area contributed by atoms with Gasteiger partial charge in [0.05, 0.1) is 29.4 Å². The van der Waals surface area contributed by atoms with E-state index in [2.05, 4.69) is 10.2 Å². The van der Waals surface area contributed by atoms with Crippen molar-refractivity contribution in [3.05, 3.63) is 65.9 Å². The Bertz CT molecular complexity index is 908. The molecule has 7 heteroatoms. The lowest BCUT2D eigenvalue weighted by Gasteiger charge is -2.14. The van der Waals surface area contributed by atoms with Crippen molar-refractivity contribution in [3.63, 3.8) is 0 Å². The van der Waals surface area contributed by atoms with Gasteiger partial charge in [-0.15, -0.1) is 0 Å². The first-order valence-electron chi connectivity index (χ1n) is 7.48. The fourth-order valence-electron chi connectivity index (χ4n) is 2.61. The van der Waals surface area contributed by atoms with Gasteiger partial charge in [0, 0.05) is 16.7 Å². The Hall–Kier alpha value is -2.93. The number of hydrogen-bond acceptors (Lipinski definition) is 4. The Kier molecular flexibility index (Phi) is 4.95. The van der Waals surface area contributed by atoms with E-state index >= 15 is 0 Å². The predicted octanol–water partition coefficient (Wildman–Crippen LogP) is 3.09. The lowest BCUT2D eigenvalue weighted by molar-refractivity contribution is 0.0692. The van der Waals surface area contributed by atoms with Crippen molar-refractivity contribution < 1.29 is 18.8 Å². The molecule has 1 aromatic heterocycles. The summed E-state index contributed by atoms with van der Waals surface area (Å²) in [6, 6.07) is 14.1. The molecule has 25 heavy (non-hydrogen) atoms. The van der Waals surface area contributed by atoms with Crippen LogP contribution in [0.3, 0.4) is 0 Å². The number of rotatable bonds is 6. The number of carboxylic acids is 1. The maximum atomic E-state index is 12.6. The van der Waals surface area contributed by atoms with Crippen molar-refractivity contribution in [1.82, 2.24) is 10.2 Å². The Morgan fingerprint density at radius 1 is 1.20 bits per heavy atom. The number of carboxylic acid groups (broad SMARTS) is 1. The molecule has 2 N–H and O–H groups in total. The number of carbonyl (C=O) groups is 1. The van der Waals surface area contributed by atoms with Gasteiger partial charge in [0.25, 0.3) is 0 Å². The van der Waals surface area contributed by atoms with Gasteiger partial charge >= 0.3 is 5.97 Å². The number of hydrogen-bond donors (Lipinski definition) is 2. The van der Waals surface area contributed by atoms with Crippen molar-refractivity contribution in [2.24, 2.45) is 0 Å². The number of nitrogens with one attached hydrogen (secondary N) is 1. The minimum absolute atomic E-state index is 0.0129. The summed E-state index contributed by atoms with van der Waals surface area (Å²) in [5.41, 5.74) is 1.70. The van der Waals surface area contributed by atoms with Gasteiger partial charge in [0.2, 0.25) is 0 Å². The number of nitrogens with zero attached hydrogens (tertiary/aromatic N) is 1. The van der Waals surface area contributed by atoms with Crippen LogP contribution in [0, 0.1) is 0 Å². The molecule has 0 fully saturated rings. The van der Waals surface area contributed by atoms with Crippen LogP contribution in [0.15, 0.2) is 59.6 Å². The second-order valence-electron chi connectivity index (χ2n) is 5.26. The summed E-state index contributed by atoms with van der Waals surface area (Å²) in [7, 11) is 0.0624. The molecule has 0 aliphatic rings. The third kappa shape index (κ3) is 3.46. The van der Waals surface area contributed by atoms with E-state index in [1.165, 1.54) is 7.11 Å². The first-order chi connectivity index (χ1) is 12.1. The van der Waals surface area contributed by atoms with Gasteiger partial charge < -0.3 is 9.84 Å². The minimum Gasteiger partial charge on any atom is -0.495 e. The number of ether oxygens (including phenoxy) is 1. The van der Waals surface area contributed by atoms with Crippen molar-refractivity contribution in [1.29, 1.82) is 0 Å². The van der Waals surface area contributed by atoms with Crippen LogP contribution in [0.4, 0.5) is 0 Å². The maximum Gasteiger partial charge on any atom is 0.339 e. The van der Waals surface area contributed by atoms with Crippen LogP contribution >= 0.6 is 0 Å². The maximum absolute atomic E-state index is 12.6. The van der Waals surface area contributed by atoms with Crippen LogP contribution in [-0.2, 0) is 16.6 Å². The van der Waals surface area contributed by atoms with Crippen LogP contribution in [0.25, 0.3) is 11.3 Å². The number of aromatic nitrogens is 2. The summed E-state index contributed by atoms with van der Waals surface area (Å²) < 4.78 is 17.9. The molecule has 0 bridgehead atoms. The monoisotopic (exact) mass is 356 g/mol. The molecule has 1 heterocycles. The summed E-state index contributed by atoms with van der Waals surface area (Å²) in [5.74, 6) is -0.816. The Balaban J connectivity index is 2.05. The van der Waals surface area contributed by atoms with E-state index in [1.807, 2.05) is 6.07 Å². The molecule has 2 aromatic carbocycles. The summed E-state index contributed by atoms with van der Waals surface area (Å²) in [4.78, 5) is 12.5. The molecule has 1 unspecified atom stereocenters. The molecule has 3 aromatic rings. The normalized spacial score (nSPS) is 11.9. The van der Waals surface area contributed by atoms with E-state index in [0.29, 0.717) is 21.7 Å². The molecule has 128 valence electrons. The van der Waals surface area contributed by atoms with E-state index < -0.39 is 16.8 Å². The van der Waals surface area contributed by atoms with Crippen LogP contribution in [0.1, 0.15) is 15.9 Å². The van der Waals surface area contributed by atoms with Crippen molar-refractivity contribution >= 4 is 16.8 Å². The van der Waals surface area contributed by atoms with Crippen LogP contribution < -0.4 is 4.74 Å². The lowest BCUT2D eigenvalue weighted by Crippen LogP contribution is -2.09. The van der Waals surface area contributed by atoms with Crippen molar-refractivity contribution in [2.45, 2.75) is 10.6 Å². The Morgan fingerprint density at radius 3 is 2.56 bits per heavy atom. The third-order valence-corrected chi connectivity index (χ3v) is 5.12. The second kappa shape index (κ2) is 7.31. The largest absolute Gasteiger partial charge is 0.495 e. The Labute approximate surface area is 146 Å². The van der Waals surface area contributed by atoms with Gasteiger partial charge in [0.15, 0.2) is 0 Å². The minimum atomic E-state index is -1.35. The van der Waals surface area contributed by atoms with Gasteiger partial charge in [0.1, 0.15) is 11.3 Å². The number of methoxy groups -OCH3 is 1. The first kappa shape index (κ1) is 16.9. The molecule has 0 aliphatic carbocycles. The average molecular weight is 356 g/mol. The zero-order valence-electron chi connectivity index (χ0n) is 13.4. The summed E-state index contributed by atoms with van der Waals surface area (Å²) >= 11 is 0. The molecule has 0 spiro atoms. The van der Waals surface area contributed by atoms with Crippen LogP contribution in [-0.4, -0.2) is 32.6 Å². The van der Waals surface area contributed by atoms with Crippen LogP contribution in [0.2, 0.25) is 0 Å². The van der Waals surface area contributed by atoms with Crippen molar-refractivity contribution in [3.8, 4) is 17.0 Å². The molecule has 6 nitrogen and oxygen atoms in total. The highest BCUT2D eigenvalue weighted by Gasteiger charge is 2.22. The van der Waals surface area contributed by atoms with E-state index in [4.69, 9.17) is 4.74 Å². The zero-order valence-corrected chi connectivity index (χ0v) is 14.2. The highest BCUT2D eigenvalue weighted by Crippen LogP contribution is 2.35. The van der Waals surface area contributed by atoms with E-state index in [9.17, 15) is 14.1 Å². The smallest absolute Gasteiger partial charge is 0.339 e. The highest BCUT2D eigenvalue weighted by atomic mass is 32.2. The molecular formula is C18H16N2O4S. The number of aromatic carboxylic acids is 1. The fourth-order valence-corrected chi connectivity index (χ4v) is 3.76. The molecule has 0 aliphatic heterocycles. The standard InChI is InChI=1S/C18H16N2O4S/c1-24-17-14(15-9-10-19-20-15)8-7-12(16(17)18(21)22)11-25(23)13-5-3-2-4-6-13/h2-10H,11H2,1H3,(H,19,20)(H,21,22).